The van der Waals surface area contributed by atoms with Gasteiger partial charge in [0.15, 0.2) is 0 Å². The maximum Gasteiger partial charge on any atom is 0.0523 e. The molecule has 1 unspecified atom stereocenters. The van der Waals surface area contributed by atoms with Crippen LogP contribution in [0.2, 0.25) is 0 Å². The number of ether oxygens (including phenoxy) is 1. The van der Waals surface area contributed by atoms with Crippen LogP contribution in [0.25, 0.3) is 0 Å². The van der Waals surface area contributed by atoms with Crippen LogP contribution in [-0.4, -0.2) is 19.8 Å². The molecular weight excluding hydrogens is 123 g/mol. The Bertz CT molecular complexity index is 35.4. The van der Waals surface area contributed by atoms with Crippen molar-refractivity contribution >= 4 is 9.47 Å². The molecule has 50 valence electrons. The molecule has 0 rings (SSSR count). The van der Waals surface area contributed by atoms with E-state index >= 15 is 0 Å². The summed E-state index contributed by atoms with van der Waals surface area (Å²) in [7, 11) is 2.21. The SMILES string of the molecule is CCOCCCOP. The van der Waals surface area contributed by atoms with Crippen molar-refractivity contribution in [3.05, 3.63) is 0 Å². The number of rotatable bonds is 5. The minimum absolute atomic E-state index is 0.769. The molecule has 0 N–H and O–H groups in total. The van der Waals surface area contributed by atoms with Crippen molar-refractivity contribution in [1.82, 2.24) is 0 Å². The molecule has 0 aliphatic heterocycles. The van der Waals surface area contributed by atoms with Crippen LogP contribution in [0, 0.1) is 0 Å². The molecule has 0 fully saturated rings. The van der Waals surface area contributed by atoms with Crippen molar-refractivity contribution in [2.24, 2.45) is 0 Å². The standard InChI is InChI=1S/C5H13O2P/c1-2-6-4-3-5-7-8/h2-5,8H2,1H3. The second-order valence-electron chi connectivity index (χ2n) is 1.42. The van der Waals surface area contributed by atoms with Crippen LogP contribution in [0.4, 0.5) is 0 Å². The summed E-state index contributed by atoms with van der Waals surface area (Å²) < 4.78 is 9.77. The first-order chi connectivity index (χ1) is 3.91. The molecule has 0 heterocycles. The maximum absolute atomic E-state index is 5.05. The molecule has 0 amide bonds. The Balaban J connectivity index is 2.53. The van der Waals surface area contributed by atoms with Crippen molar-refractivity contribution in [3.8, 4) is 0 Å². The van der Waals surface area contributed by atoms with Gasteiger partial charge in [0.25, 0.3) is 0 Å². The third-order valence-corrected chi connectivity index (χ3v) is 0.991. The molecular formula is C5H13O2P. The lowest BCUT2D eigenvalue weighted by molar-refractivity contribution is 0.134. The maximum atomic E-state index is 5.05. The van der Waals surface area contributed by atoms with Crippen molar-refractivity contribution in [1.29, 1.82) is 0 Å². The Morgan fingerprint density at radius 3 is 2.62 bits per heavy atom. The Labute approximate surface area is 52.8 Å². The predicted molar refractivity (Wildman–Crippen MR) is 36.8 cm³/mol. The molecule has 0 aromatic carbocycles. The molecule has 0 aromatic heterocycles. The second-order valence-corrected chi connectivity index (χ2v) is 1.75. The van der Waals surface area contributed by atoms with Crippen molar-refractivity contribution in [3.63, 3.8) is 0 Å². The highest BCUT2D eigenvalue weighted by Crippen LogP contribution is 1.88. The van der Waals surface area contributed by atoms with Crippen LogP contribution in [0.1, 0.15) is 13.3 Å². The Morgan fingerprint density at radius 2 is 2.12 bits per heavy atom. The van der Waals surface area contributed by atoms with Gasteiger partial charge in [-0.05, 0) is 13.3 Å². The van der Waals surface area contributed by atoms with Crippen LogP contribution in [0.3, 0.4) is 0 Å². The predicted octanol–water partition coefficient (Wildman–Crippen LogP) is 1.22. The van der Waals surface area contributed by atoms with Crippen LogP contribution in [0.15, 0.2) is 0 Å². The molecule has 0 spiro atoms. The zero-order chi connectivity index (χ0) is 6.24. The first kappa shape index (κ1) is 8.35. The van der Waals surface area contributed by atoms with Gasteiger partial charge in [-0.2, -0.15) is 0 Å². The van der Waals surface area contributed by atoms with Crippen LogP contribution >= 0.6 is 9.47 Å². The van der Waals surface area contributed by atoms with Gasteiger partial charge >= 0.3 is 0 Å². The number of hydrogen-bond donors (Lipinski definition) is 0. The Kier molecular flexibility index (Phi) is 7.67. The lowest BCUT2D eigenvalue weighted by atomic mass is 10.5. The van der Waals surface area contributed by atoms with Gasteiger partial charge in [-0.25, -0.2) is 0 Å². The summed E-state index contributed by atoms with van der Waals surface area (Å²) in [6, 6.07) is 0. The zero-order valence-electron chi connectivity index (χ0n) is 5.22. The monoisotopic (exact) mass is 136 g/mol. The first-order valence-electron chi connectivity index (χ1n) is 2.81. The summed E-state index contributed by atoms with van der Waals surface area (Å²) in [5.41, 5.74) is 0. The van der Waals surface area contributed by atoms with Crippen molar-refractivity contribution in [2.75, 3.05) is 19.8 Å². The van der Waals surface area contributed by atoms with Gasteiger partial charge in [0.1, 0.15) is 0 Å². The number of hydrogen-bond acceptors (Lipinski definition) is 2. The minimum Gasteiger partial charge on any atom is -0.382 e. The molecule has 0 aromatic rings. The fourth-order valence-electron chi connectivity index (χ4n) is 0.389. The van der Waals surface area contributed by atoms with E-state index in [0.717, 1.165) is 26.2 Å². The molecule has 3 heteroatoms. The Morgan fingerprint density at radius 1 is 1.38 bits per heavy atom. The van der Waals surface area contributed by atoms with E-state index in [1.54, 1.807) is 0 Å². The highest BCUT2D eigenvalue weighted by atomic mass is 31.0. The average molecular weight is 136 g/mol. The summed E-state index contributed by atoms with van der Waals surface area (Å²) in [5.74, 6) is 0. The summed E-state index contributed by atoms with van der Waals surface area (Å²) in [6.45, 7) is 4.37. The summed E-state index contributed by atoms with van der Waals surface area (Å²) >= 11 is 0. The van der Waals surface area contributed by atoms with E-state index in [9.17, 15) is 0 Å². The average Bonchev–Trinajstić information content (AvgIpc) is 1.81. The molecule has 1 atom stereocenters. The fourth-order valence-corrected chi connectivity index (χ4v) is 0.555. The van der Waals surface area contributed by atoms with Crippen LogP contribution < -0.4 is 0 Å². The molecule has 0 aliphatic rings. The lowest BCUT2D eigenvalue weighted by Crippen LogP contribution is -1.95. The van der Waals surface area contributed by atoms with Gasteiger partial charge in [0.2, 0.25) is 0 Å². The van der Waals surface area contributed by atoms with E-state index in [-0.39, 0.29) is 0 Å². The van der Waals surface area contributed by atoms with Gasteiger partial charge in [0.05, 0.1) is 6.61 Å². The molecule has 2 nitrogen and oxygen atoms in total. The summed E-state index contributed by atoms with van der Waals surface area (Å²) in [4.78, 5) is 0. The lowest BCUT2D eigenvalue weighted by Gasteiger charge is -1.97. The molecule has 0 saturated heterocycles. The van der Waals surface area contributed by atoms with Crippen molar-refractivity contribution < 1.29 is 9.26 Å². The van der Waals surface area contributed by atoms with E-state index in [2.05, 4.69) is 9.47 Å². The molecule has 0 saturated carbocycles. The van der Waals surface area contributed by atoms with E-state index in [1.807, 2.05) is 6.92 Å². The zero-order valence-corrected chi connectivity index (χ0v) is 6.38. The van der Waals surface area contributed by atoms with E-state index < -0.39 is 0 Å². The van der Waals surface area contributed by atoms with Gasteiger partial charge in [-0.15, -0.1) is 0 Å². The van der Waals surface area contributed by atoms with Crippen LogP contribution in [0.5, 0.6) is 0 Å². The Hall–Kier alpha value is 0.350. The highest BCUT2D eigenvalue weighted by molar-refractivity contribution is 7.09. The molecule has 0 aliphatic carbocycles. The second kappa shape index (κ2) is 7.35. The van der Waals surface area contributed by atoms with Gasteiger partial charge in [-0.1, -0.05) is 0 Å². The van der Waals surface area contributed by atoms with Gasteiger partial charge in [0, 0.05) is 22.7 Å². The topological polar surface area (TPSA) is 18.5 Å². The highest BCUT2D eigenvalue weighted by Gasteiger charge is 1.82. The van der Waals surface area contributed by atoms with E-state index in [4.69, 9.17) is 9.26 Å². The summed E-state index contributed by atoms with van der Waals surface area (Å²) in [6.07, 6.45) is 0.983. The van der Waals surface area contributed by atoms with Gasteiger partial charge in [-0.3, -0.25) is 0 Å². The smallest absolute Gasteiger partial charge is 0.0523 e. The van der Waals surface area contributed by atoms with E-state index in [1.165, 1.54) is 0 Å². The normalized spacial score (nSPS) is 9.75. The minimum atomic E-state index is 0.769. The van der Waals surface area contributed by atoms with Gasteiger partial charge < -0.3 is 9.26 Å². The molecule has 8 heavy (non-hydrogen) atoms. The third-order valence-electron chi connectivity index (χ3n) is 0.755. The largest absolute Gasteiger partial charge is 0.382 e. The quantitative estimate of drug-likeness (QED) is 0.418. The molecule has 0 radical (unpaired) electrons. The van der Waals surface area contributed by atoms with Crippen molar-refractivity contribution in [2.45, 2.75) is 13.3 Å². The fraction of sp³-hybridized carbons (Fsp3) is 1.00. The van der Waals surface area contributed by atoms with Crippen LogP contribution in [-0.2, 0) is 9.26 Å². The first-order valence-corrected chi connectivity index (χ1v) is 3.28. The molecule has 0 bridgehead atoms. The van der Waals surface area contributed by atoms with E-state index in [0.29, 0.717) is 0 Å². The summed E-state index contributed by atoms with van der Waals surface area (Å²) in [5, 5.41) is 0. The third kappa shape index (κ3) is 6.35.